The van der Waals surface area contributed by atoms with Crippen molar-refractivity contribution in [2.24, 2.45) is 0 Å². The molecule has 1 aromatic heterocycles. The molecule has 0 bridgehead atoms. The Hall–Kier alpha value is -0.920. The lowest BCUT2D eigenvalue weighted by Crippen LogP contribution is -1.96. The lowest BCUT2D eigenvalue weighted by Gasteiger charge is -2.00. The van der Waals surface area contributed by atoms with E-state index in [1.165, 1.54) is 0 Å². The van der Waals surface area contributed by atoms with Crippen molar-refractivity contribution in [1.29, 1.82) is 0 Å². The molecule has 0 fully saturated rings. The van der Waals surface area contributed by atoms with E-state index in [0.29, 0.717) is 0 Å². The summed E-state index contributed by atoms with van der Waals surface area (Å²) in [6.07, 6.45) is 2.77. The standard InChI is InChI=1S/C8H12N2/c1-4-8-7(3)9-5-6(2)10-8/h5H,4H2,1-3H3. The summed E-state index contributed by atoms with van der Waals surface area (Å²) in [5, 5.41) is 0. The van der Waals surface area contributed by atoms with Crippen LogP contribution in [0.2, 0.25) is 0 Å². The Morgan fingerprint density at radius 3 is 2.60 bits per heavy atom. The molecule has 0 aliphatic carbocycles. The van der Waals surface area contributed by atoms with E-state index >= 15 is 0 Å². The lowest BCUT2D eigenvalue weighted by molar-refractivity contribution is 0.930. The van der Waals surface area contributed by atoms with E-state index in [0.717, 1.165) is 23.5 Å². The Kier molecular flexibility index (Phi) is 2.00. The second-order valence-corrected chi connectivity index (χ2v) is 2.40. The number of aromatic nitrogens is 2. The van der Waals surface area contributed by atoms with Gasteiger partial charge in [-0.2, -0.15) is 0 Å². The molecule has 1 aromatic rings. The van der Waals surface area contributed by atoms with Gasteiger partial charge in [-0.05, 0) is 20.3 Å². The smallest absolute Gasteiger partial charge is 0.0616 e. The Bertz CT molecular complexity index is 231. The van der Waals surface area contributed by atoms with Gasteiger partial charge in [0.1, 0.15) is 0 Å². The van der Waals surface area contributed by atoms with Gasteiger partial charge in [-0.3, -0.25) is 9.97 Å². The largest absolute Gasteiger partial charge is 0.258 e. The molecule has 0 aliphatic rings. The second kappa shape index (κ2) is 2.78. The van der Waals surface area contributed by atoms with Gasteiger partial charge >= 0.3 is 0 Å². The molecule has 0 amide bonds. The minimum absolute atomic E-state index is 0.973. The van der Waals surface area contributed by atoms with Crippen LogP contribution in [-0.2, 0) is 6.42 Å². The highest BCUT2D eigenvalue weighted by Crippen LogP contribution is 2.01. The van der Waals surface area contributed by atoms with Crippen LogP contribution >= 0.6 is 0 Å². The van der Waals surface area contributed by atoms with E-state index in [9.17, 15) is 0 Å². The van der Waals surface area contributed by atoms with Crippen LogP contribution in [0.3, 0.4) is 0 Å². The third-order valence-corrected chi connectivity index (χ3v) is 1.51. The van der Waals surface area contributed by atoms with E-state index in [-0.39, 0.29) is 0 Å². The zero-order valence-electron chi connectivity index (χ0n) is 6.68. The van der Waals surface area contributed by atoms with Gasteiger partial charge in [0.2, 0.25) is 0 Å². The minimum Gasteiger partial charge on any atom is -0.258 e. The molecule has 0 aromatic carbocycles. The topological polar surface area (TPSA) is 25.8 Å². The first-order valence-corrected chi connectivity index (χ1v) is 3.53. The summed E-state index contributed by atoms with van der Waals surface area (Å²) in [5.41, 5.74) is 3.16. The van der Waals surface area contributed by atoms with E-state index in [2.05, 4.69) is 16.9 Å². The minimum atomic E-state index is 0.973. The molecule has 0 radical (unpaired) electrons. The van der Waals surface area contributed by atoms with E-state index < -0.39 is 0 Å². The first kappa shape index (κ1) is 7.19. The van der Waals surface area contributed by atoms with E-state index in [1.54, 1.807) is 6.20 Å². The van der Waals surface area contributed by atoms with Crippen molar-refractivity contribution in [1.82, 2.24) is 9.97 Å². The summed E-state index contributed by atoms with van der Waals surface area (Å²) >= 11 is 0. The summed E-state index contributed by atoms with van der Waals surface area (Å²) in [6, 6.07) is 0. The Labute approximate surface area is 61.3 Å². The zero-order valence-corrected chi connectivity index (χ0v) is 6.68. The molecule has 0 N–H and O–H groups in total. The molecule has 2 heteroatoms. The van der Waals surface area contributed by atoms with Crippen molar-refractivity contribution in [2.75, 3.05) is 0 Å². The Morgan fingerprint density at radius 1 is 1.40 bits per heavy atom. The van der Waals surface area contributed by atoms with Crippen LogP contribution in [0, 0.1) is 13.8 Å². The molecule has 0 unspecified atom stereocenters. The molecule has 1 rings (SSSR count). The molecule has 1 heterocycles. The highest BCUT2D eigenvalue weighted by atomic mass is 14.8. The summed E-state index contributed by atoms with van der Waals surface area (Å²) < 4.78 is 0. The molecule has 2 nitrogen and oxygen atoms in total. The van der Waals surface area contributed by atoms with Crippen LogP contribution in [-0.4, -0.2) is 9.97 Å². The van der Waals surface area contributed by atoms with Crippen molar-refractivity contribution in [2.45, 2.75) is 27.2 Å². The fourth-order valence-corrected chi connectivity index (χ4v) is 0.922. The van der Waals surface area contributed by atoms with Gasteiger partial charge in [0.05, 0.1) is 17.1 Å². The van der Waals surface area contributed by atoms with Gasteiger partial charge in [-0.15, -0.1) is 0 Å². The molecule has 0 saturated carbocycles. The highest BCUT2D eigenvalue weighted by molar-refractivity contribution is 5.11. The number of hydrogen-bond acceptors (Lipinski definition) is 2. The van der Waals surface area contributed by atoms with Crippen LogP contribution < -0.4 is 0 Å². The van der Waals surface area contributed by atoms with Gasteiger partial charge in [0, 0.05) is 6.20 Å². The average molecular weight is 136 g/mol. The van der Waals surface area contributed by atoms with E-state index in [4.69, 9.17) is 0 Å². The summed E-state index contributed by atoms with van der Waals surface area (Å²) in [6.45, 7) is 6.05. The van der Waals surface area contributed by atoms with Gasteiger partial charge < -0.3 is 0 Å². The maximum absolute atomic E-state index is 4.33. The van der Waals surface area contributed by atoms with Crippen molar-refractivity contribution < 1.29 is 0 Å². The first-order chi connectivity index (χ1) is 4.74. The van der Waals surface area contributed by atoms with Crippen molar-refractivity contribution >= 4 is 0 Å². The fraction of sp³-hybridized carbons (Fsp3) is 0.500. The monoisotopic (exact) mass is 136 g/mol. The molecular formula is C8H12N2. The van der Waals surface area contributed by atoms with Crippen LogP contribution in [0.15, 0.2) is 6.20 Å². The zero-order chi connectivity index (χ0) is 7.56. The second-order valence-electron chi connectivity index (χ2n) is 2.40. The highest BCUT2D eigenvalue weighted by Gasteiger charge is 1.96. The number of rotatable bonds is 1. The molecule has 0 saturated heterocycles. The maximum Gasteiger partial charge on any atom is 0.0616 e. The molecule has 54 valence electrons. The lowest BCUT2D eigenvalue weighted by atomic mass is 10.2. The fourth-order valence-electron chi connectivity index (χ4n) is 0.922. The van der Waals surface area contributed by atoms with E-state index in [1.807, 2.05) is 13.8 Å². The van der Waals surface area contributed by atoms with Crippen LogP contribution in [0.4, 0.5) is 0 Å². The third-order valence-electron chi connectivity index (χ3n) is 1.51. The maximum atomic E-state index is 4.33. The summed E-state index contributed by atoms with van der Waals surface area (Å²) in [5.74, 6) is 0. The third kappa shape index (κ3) is 1.32. The predicted octanol–water partition coefficient (Wildman–Crippen LogP) is 1.66. The molecular weight excluding hydrogens is 124 g/mol. The normalized spacial score (nSPS) is 9.90. The number of aryl methyl sites for hydroxylation is 3. The Morgan fingerprint density at radius 2 is 2.10 bits per heavy atom. The van der Waals surface area contributed by atoms with Gasteiger partial charge in [-0.25, -0.2) is 0 Å². The van der Waals surface area contributed by atoms with Crippen LogP contribution in [0.5, 0.6) is 0 Å². The average Bonchev–Trinajstić information content (AvgIpc) is 1.94. The van der Waals surface area contributed by atoms with Gasteiger partial charge in [-0.1, -0.05) is 6.92 Å². The molecule has 0 spiro atoms. The summed E-state index contributed by atoms with van der Waals surface area (Å²) in [7, 11) is 0. The quantitative estimate of drug-likeness (QED) is 0.586. The molecule has 0 aliphatic heterocycles. The summed E-state index contributed by atoms with van der Waals surface area (Å²) in [4.78, 5) is 8.52. The van der Waals surface area contributed by atoms with Gasteiger partial charge in [0.25, 0.3) is 0 Å². The first-order valence-electron chi connectivity index (χ1n) is 3.53. The van der Waals surface area contributed by atoms with Crippen LogP contribution in [0.1, 0.15) is 24.0 Å². The number of nitrogens with zero attached hydrogens (tertiary/aromatic N) is 2. The Balaban J connectivity index is 3.09. The van der Waals surface area contributed by atoms with Crippen molar-refractivity contribution in [3.8, 4) is 0 Å². The SMILES string of the molecule is CCc1nc(C)cnc1C. The van der Waals surface area contributed by atoms with Crippen molar-refractivity contribution in [3.63, 3.8) is 0 Å². The van der Waals surface area contributed by atoms with Crippen LogP contribution in [0.25, 0.3) is 0 Å². The van der Waals surface area contributed by atoms with Gasteiger partial charge in [0.15, 0.2) is 0 Å². The molecule has 0 atom stereocenters. The van der Waals surface area contributed by atoms with Crippen molar-refractivity contribution in [3.05, 3.63) is 23.3 Å². The number of hydrogen-bond donors (Lipinski definition) is 0. The molecule has 10 heavy (non-hydrogen) atoms. The predicted molar refractivity (Wildman–Crippen MR) is 40.9 cm³/mol.